The monoisotopic (exact) mass is 170 g/mol. The maximum Gasteiger partial charge on any atom is 0.180 e. The van der Waals surface area contributed by atoms with Crippen molar-refractivity contribution in [1.82, 2.24) is 4.98 Å². The molecule has 0 bridgehead atoms. The van der Waals surface area contributed by atoms with E-state index in [0.717, 1.165) is 6.42 Å². The van der Waals surface area contributed by atoms with Gasteiger partial charge in [-0.3, -0.25) is 0 Å². The second-order valence-corrected chi connectivity index (χ2v) is 3.77. The van der Waals surface area contributed by atoms with E-state index in [-0.39, 0.29) is 0 Å². The van der Waals surface area contributed by atoms with E-state index in [1.54, 1.807) is 11.3 Å². The maximum atomic E-state index is 5.49. The maximum absolute atomic E-state index is 5.49. The van der Waals surface area contributed by atoms with Gasteiger partial charge in [0.2, 0.25) is 0 Å². The molecule has 11 heavy (non-hydrogen) atoms. The molecule has 0 saturated carbocycles. The zero-order chi connectivity index (χ0) is 8.10. The molecule has 3 heteroatoms. The zero-order valence-corrected chi connectivity index (χ0v) is 7.66. The quantitative estimate of drug-likeness (QED) is 0.705. The molecule has 0 aliphatic rings. The van der Waals surface area contributed by atoms with E-state index >= 15 is 0 Å². The molecule has 2 N–H and O–H groups in total. The Bertz CT molecular complexity index is 208. The van der Waals surface area contributed by atoms with Crippen molar-refractivity contribution in [3.05, 3.63) is 11.1 Å². The van der Waals surface area contributed by atoms with Crippen molar-refractivity contribution in [1.29, 1.82) is 0 Å². The van der Waals surface area contributed by atoms with Crippen LogP contribution < -0.4 is 5.73 Å². The Morgan fingerprint density at radius 3 is 2.91 bits per heavy atom. The number of nitrogens with zero attached hydrogens (tertiary/aromatic N) is 1. The van der Waals surface area contributed by atoms with Gasteiger partial charge in [0.05, 0.1) is 0 Å². The van der Waals surface area contributed by atoms with Gasteiger partial charge < -0.3 is 5.73 Å². The zero-order valence-electron chi connectivity index (χ0n) is 6.84. The van der Waals surface area contributed by atoms with Crippen molar-refractivity contribution in [2.75, 3.05) is 5.73 Å². The highest BCUT2D eigenvalue weighted by Gasteiger charge is 1.96. The number of anilines is 1. The molecule has 0 radical (unpaired) electrons. The van der Waals surface area contributed by atoms with E-state index in [1.807, 2.05) is 6.20 Å². The van der Waals surface area contributed by atoms with Crippen LogP contribution >= 0.6 is 11.3 Å². The first kappa shape index (κ1) is 8.53. The number of aryl methyl sites for hydroxylation is 1. The Kier molecular flexibility index (Phi) is 3.36. The van der Waals surface area contributed by atoms with E-state index in [0.29, 0.717) is 5.13 Å². The highest BCUT2D eigenvalue weighted by Crippen LogP contribution is 2.16. The minimum Gasteiger partial charge on any atom is -0.375 e. The van der Waals surface area contributed by atoms with Crippen molar-refractivity contribution in [3.8, 4) is 0 Å². The summed E-state index contributed by atoms with van der Waals surface area (Å²) in [4.78, 5) is 5.31. The van der Waals surface area contributed by atoms with Gasteiger partial charge in [-0.2, -0.15) is 0 Å². The molecule has 0 aliphatic carbocycles. The summed E-state index contributed by atoms with van der Waals surface area (Å²) < 4.78 is 0. The van der Waals surface area contributed by atoms with Gasteiger partial charge in [0, 0.05) is 11.1 Å². The molecule has 0 fully saturated rings. The third kappa shape index (κ3) is 2.89. The summed E-state index contributed by atoms with van der Waals surface area (Å²) in [6.45, 7) is 2.21. The lowest BCUT2D eigenvalue weighted by atomic mass is 10.2. The fourth-order valence-electron chi connectivity index (χ4n) is 0.987. The first-order valence-corrected chi connectivity index (χ1v) is 4.84. The van der Waals surface area contributed by atoms with E-state index < -0.39 is 0 Å². The Balaban J connectivity index is 2.27. The molecule has 1 rings (SSSR count). The molecule has 1 aromatic heterocycles. The fraction of sp³-hybridized carbons (Fsp3) is 0.625. The Morgan fingerprint density at radius 1 is 1.55 bits per heavy atom. The SMILES string of the molecule is CCCCCc1cnc(N)s1. The molecule has 0 aromatic carbocycles. The standard InChI is InChI=1S/C8H14N2S/c1-2-3-4-5-7-6-10-8(9)11-7/h6H,2-5H2,1H3,(H2,9,10). The number of thiazole rings is 1. The molecule has 0 atom stereocenters. The van der Waals surface area contributed by atoms with Gasteiger partial charge in [-0.15, -0.1) is 11.3 Å². The van der Waals surface area contributed by atoms with E-state index in [4.69, 9.17) is 5.73 Å². The molecule has 62 valence electrons. The summed E-state index contributed by atoms with van der Waals surface area (Å²) in [7, 11) is 0. The summed E-state index contributed by atoms with van der Waals surface area (Å²) in [6.07, 6.45) is 6.86. The molecule has 1 aromatic rings. The van der Waals surface area contributed by atoms with E-state index in [2.05, 4.69) is 11.9 Å². The minimum atomic E-state index is 0.691. The number of hydrogen-bond acceptors (Lipinski definition) is 3. The predicted molar refractivity (Wildman–Crippen MR) is 49.8 cm³/mol. The van der Waals surface area contributed by atoms with Crippen LogP contribution in [-0.2, 0) is 6.42 Å². The second-order valence-electron chi connectivity index (χ2n) is 2.62. The number of rotatable bonds is 4. The molecule has 0 unspecified atom stereocenters. The summed E-state index contributed by atoms with van der Waals surface area (Å²) in [5.74, 6) is 0. The number of hydrogen-bond donors (Lipinski definition) is 1. The van der Waals surface area contributed by atoms with Crippen LogP contribution in [0.2, 0.25) is 0 Å². The normalized spacial score (nSPS) is 10.3. The second kappa shape index (κ2) is 4.34. The van der Waals surface area contributed by atoms with Crippen LogP contribution in [0.5, 0.6) is 0 Å². The van der Waals surface area contributed by atoms with Crippen molar-refractivity contribution in [2.45, 2.75) is 32.6 Å². The van der Waals surface area contributed by atoms with E-state index in [1.165, 1.54) is 24.1 Å². The van der Waals surface area contributed by atoms with Crippen LogP contribution in [0.25, 0.3) is 0 Å². The minimum absolute atomic E-state index is 0.691. The fourth-order valence-corrected chi connectivity index (χ4v) is 1.71. The van der Waals surface area contributed by atoms with Gasteiger partial charge in [-0.25, -0.2) is 4.98 Å². The van der Waals surface area contributed by atoms with Crippen LogP contribution in [0.4, 0.5) is 5.13 Å². The van der Waals surface area contributed by atoms with Crippen molar-refractivity contribution < 1.29 is 0 Å². The third-order valence-corrected chi connectivity index (χ3v) is 2.48. The molecular formula is C8H14N2S. The largest absolute Gasteiger partial charge is 0.375 e. The van der Waals surface area contributed by atoms with Crippen LogP contribution in [0, 0.1) is 0 Å². The first-order chi connectivity index (χ1) is 5.33. The van der Waals surface area contributed by atoms with Crippen LogP contribution in [-0.4, -0.2) is 4.98 Å². The highest BCUT2D eigenvalue weighted by molar-refractivity contribution is 7.15. The highest BCUT2D eigenvalue weighted by atomic mass is 32.1. The average molecular weight is 170 g/mol. The molecule has 2 nitrogen and oxygen atoms in total. The summed E-state index contributed by atoms with van der Waals surface area (Å²) in [5, 5.41) is 0.691. The van der Waals surface area contributed by atoms with Crippen LogP contribution in [0.3, 0.4) is 0 Å². The smallest absolute Gasteiger partial charge is 0.180 e. The van der Waals surface area contributed by atoms with Crippen LogP contribution in [0.15, 0.2) is 6.20 Å². The summed E-state index contributed by atoms with van der Waals surface area (Å²) in [6, 6.07) is 0. The Hall–Kier alpha value is -0.570. The molecule has 0 amide bonds. The molecule has 0 spiro atoms. The first-order valence-electron chi connectivity index (χ1n) is 4.03. The summed E-state index contributed by atoms with van der Waals surface area (Å²) in [5.41, 5.74) is 5.49. The third-order valence-electron chi connectivity index (χ3n) is 1.60. The van der Waals surface area contributed by atoms with Gasteiger partial charge in [0.1, 0.15) is 0 Å². The van der Waals surface area contributed by atoms with Gasteiger partial charge in [0.15, 0.2) is 5.13 Å². The Labute approximate surface area is 71.5 Å². The number of nitrogens with two attached hydrogens (primary N) is 1. The topological polar surface area (TPSA) is 38.9 Å². The van der Waals surface area contributed by atoms with Gasteiger partial charge >= 0.3 is 0 Å². The van der Waals surface area contributed by atoms with E-state index in [9.17, 15) is 0 Å². The number of aromatic nitrogens is 1. The molecular weight excluding hydrogens is 156 g/mol. The number of unbranched alkanes of at least 4 members (excludes halogenated alkanes) is 2. The Morgan fingerprint density at radius 2 is 2.36 bits per heavy atom. The van der Waals surface area contributed by atoms with Crippen molar-refractivity contribution in [2.24, 2.45) is 0 Å². The van der Waals surface area contributed by atoms with Gasteiger partial charge in [-0.05, 0) is 12.8 Å². The van der Waals surface area contributed by atoms with Crippen LogP contribution in [0.1, 0.15) is 31.1 Å². The summed E-state index contributed by atoms with van der Waals surface area (Å²) >= 11 is 1.60. The molecule has 0 aliphatic heterocycles. The molecule has 0 saturated heterocycles. The van der Waals surface area contributed by atoms with Crippen molar-refractivity contribution >= 4 is 16.5 Å². The van der Waals surface area contributed by atoms with Crippen molar-refractivity contribution in [3.63, 3.8) is 0 Å². The lowest BCUT2D eigenvalue weighted by Gasteiger charge is -1.92. The van der Waals surface area contributed by atoms with Gasteiger partial charge in [-0.1, -0.05) is 19.8 Å². The lowest BCUT2D eigenvalue weighted by Crippen LogP contribution is -1.79. The molecule has 1 heterocycles. The number of nitrogen functional groups attached to an aromatic ring is 1. The lowest BCUT2D eigenvalue weighted by molar-refractivity contribution is 0.722. The van der Waals surface area contributed by atoms with Gasteiger partial charge in [0.25, 0.3) is 0 Å². The predicted octanol–water partition coefficient (Wildman–Crippen LogP) is 2.46. The average Bonchev–Trinajstić information content (AvgIpc) is 2.37.